The molecule has 7 heteroatoms. The Kier molecular flexibility index (Phi) is 3.17. The van der Waals surface area contributed by atoms with Crippen LogP contribution in [-0.2, 0) is 0 Å². The normalized spacial score (nSPS) is 11.4. The SMILES string of the molecule is O=c1nc2n(-c3ccc(F)cc3)c3nc4ccccc4cc3cc-2c(=O)[nH]1. The maximum absolute atomic E-state index is 13.4. The average Bonchev–Trinajstić information content (AvgIpc) is 2.66. The van der Waals surface area contributed by atoms with E-state index in [1.54, 1.807) is 22.8 Å². The van der Waals surface area contributed by atoms with E-state index in [-0.39, 0.29) is 11.4 Å². The van der Waals surface area contributed by atoms with Crippen LogP contribution in [0.15, 0.2) is 70.3 Å². The first-order chi connectivity index (χ1) is 13.1. The third-order valence-corrected chi connectivity index (χ3v) is 4.45. The predicted octanol–water partition coefficient (Wildman–Crippen LogP) is 2.87. The Hall–Kier alpha value is -3.87. The Bertz CT molecular complexity index is 1420. The fourth-order valence-corrected chi connectivity index (χ4v) is 3.25. The summed E-state index contributed by atoms with van der Waals surface area (Å²) in [4.78, 5) is 35.1. The molecule has 130 valence electrons. The van der Waals surface area contributed by atoms with Crippen LogP contribution in [0.25, 0.3) is 39.0 Å². The summed E-state index contributed by atoms with van der Waals surface area (Å²) in [6.45, 7) is 0. The first kappa shape index (κ1) is 15.4. The topological polar surface area (TPSA) is 80.6 Å². The van der Waals surface area contributed by atoms with Crippen molar-refractivity contribution in [3.63, 3.8) is 0 Å². The molecule has 5 rings (SSSR count). The van der Waals surface area contributed by atoms with Gasteiger partial charge in [0.1, 0.15) is 11.5 Å². The number of rotatable bonds is 1. The van der Waals surface area contributed by atoms with E-state index in [4.69, 9.17) is 4.98 Å². The van der Waals surface area contributed by atoms with Crippen molar-refractivity contribution in [2.45, 2.75) is 0 Å². The second-order valence-corrected chi connectivity index (χ2v) is 6.16. The van der Waals surface area contributed by atoms with Crippen LogP contribution < -0.4 is 11.2 Å². The number of pyridine rings is 2. The molecular weight excluding hydrogens is 347 g/mol. The second-order valence-electron chi connectivity index (χ2n) is 6.16. The summed E-state index contributed by atoms with van der Waals surface area (Å²) in [7, 11) is 0. The maximum Gasteiger partial charge on any atom is 0.349 e. The van der Waals surface area contributed by atoms with E-state index in [0.717, 1.165) is 10.9 Å². The zero-order valence-electron chi connectivity index (χ0n) is 13.8. The van der Waals surface area contributed by atoms with Crippen molar-refractivity contribution in [3.05, 3.63) is 87.3 Å². The van der Waals surface area contributed by atoms with Gasteiger partial charge in [-0.25, -0.2) is 14.2 Å². The minimum atomic E-state index is -0.747. The van der Waals surface area contributed by atoms with Crippen molar-refractivity contribution >= 4 is 21.9 Å². The van der Waals surface area contributed by atoms with Crippen LogP contribution in [0.2, 0.25) is 0 Å². The number of hydrogen-bond donors (Lipinski definition) is 1. The zero-order chi connectivity index (χ0) is 18.5. The van der Waals surface area contributed by atoms with Crippen molar-refractivity contribution in [2.24, 2.45) is 0 Å². The molecule has 1 aromatic heterocycles. The minimum absolute atomic E-state index is 0.172. The third-order valence-electron chi connectivity index (χ3n) is 4.45. The van der Waals surface area contributed by atoms with Crippen molar-refractivity contribution in [2.75, 3.05) is 0 Å². The van der Waals surface area contributed by atoms with Crippen molar-refractivity contribution in [1.82, 2.24) is 19.5 Å². The van der Waals surface area contributed by atoms with Crippen molar-refractivity contribution < 1.29 is 4.39 Å². The lowest BCUT2D eigenvalue weighted by molar-refractivity contribution is 0.627. The molecule has 27 heavy (non-hydrogen) atoms. The van der Waals surface area contributed by atoms with E-state index in [1.165, 1.54) is 12.1 Å². The summed E-state index contributed by atoms with van der Waals surface area (Å²) >= 11 is 0. The number of aromatic amines is 1. The first-order valence-corrected chi connectivity index (χ1v) is 8.22. The van der Waals surface area contributed by atoms with E-state index in [1.807, 2.05) is 30.3 Å². The molecule has 2 aromatic carbocycles. The number of halogens is 1. The van der Waals surface area contributed by atoms with E-state index in [2.05, 4.69) is 9.97 Å². The number of hydrogen-bond acceptors (Lipinski definition) is 4. The number of fused-ring (bicyclic) bond motifs is 3. The fraction of sp³-hybridized carbons (Fsp3) is 0. The van der Waals surface area contributed by atoms with Gasteiger partial charge < -0.3 is 0 Å². The van der Waals surface area contributed by atoms with Gasteiger partial charge in [0, 0.05) is 16.5 Å². The zero-order valence-corrected chi connectivity index (χ0v) is 13.8. The minimum Gasteiger partial charge on any atom is -0.278 e. The van der Waals surface area contributed by atoms with Crippen LogP contribution in [0.4, 0.5) is 4.39 Å². The molecule has 0 spiro atoms. The Morgan fingerprint density at radius 2 is 1.67 bits per heavy atom. The molecule has 0 bridgehead atoms. The lowest BCUT2D eigenvalue weighted by Crippen LogP contribution is -2.27. The average molecular weight is 358 g/mol. The molecule has 6 nitrogen and oxygen atoms in total. The highest BCUT2D eigenvalue weighted by molar-refractivity contribution is 5.94. The molecule has 2 aliphatic heterocycles. The Labute approximate surface area is 150 Å². The highest BCUT2D eigenvalue weighted by Gasteiger charge is 2.19. The van der Waals surface area contributed by atoms with Gasteiger partial charge in [0.2, 0.25) is 0 Å². The Morgan fingerprint density at radius 1 is 0.889 bits per heavy atom. The van der Waals surface area contributed by atoms with Gasteiger partial charge in [0.15, 0.2) is 5.82 Å². The summed E-state index contributed by atoms with van der Waals surface area (Å²) in [5, 5.41) is 1.62. The summed E-state index contributed by atoms with van der Waals surface area (Å²) in [6, 6.07) is 16.9. The Morgan fingerprint density at radius 3 is 2.48 bits per heavy atom. The quantitative estimate of drug-likeness (QED) is 0.467. The highest BCUT2D eigenvalue weighted by Crippen LogP contribution is 2.28. The van der Waals surface area contributed by atoms with Crippen LogP contribution in [0.5, 0.6) is 0 Å². The molecule has 3 aromatic rings. The number of para-hydroxylation sites is 1. The largest absolute Gasteiger partial charge is 0.349 e. The van der Waals surface area contributed by atoms with Gasteiger partial charge in [0.05, 0.1) is 11.1 Å². The molecule has 0 amide bonds. The molecule has 0 aliphatic carbocycles. The van der Waals surface area contributed by atoms with Gasteiger partial charge in [0.25, 0.3) is 5.56 Å². The van der Waals surface area contributed by atoms with E-state index >= 15 is 0 Å². The summed E-state index contributed by atoms with van der Waals surface area (Å²) < 4.78 is 15.0. The van der Waals surface area contributed by atoms with Crippen LogP contribution in [0.1, 0.15) is 0 Å². The van der Waals surface area contributed by atoms with Gasteiger partial charge in [-0.05, 0) is 42.5 Å². The maximum atomic E-state index is 13.4. The lowest BCUT2D eigenvalue weighted by Gasteiger charge is -2.17. The van der Waals surface area contributed by atoms with Gasteiger partial charge in [-0.2, -0.15) is 4.98 Å². The van der Waals surface area contributed by atoms with E-state index in [9.17, 15) is 14.0 Å². The summed E-state index contributed by atoms with van der Waals surface area (Å²) in [5.41, 5.74) is 0.799. The van der Waals surface area contributed by atoms with Gasteiger partial charge in [-0.15, -0.1) is 0 Å². The van der Waals surface area contributed by atoms with E-state index < -0.39 is 17.1 Å². The van der Waals surface area contributed by atoms with Crippen molar-refractivity contribution in [3.8, 4) is 17.1 Å². The molecule has 2 aliphatic rings. The molecule has 0 unspecified atom stereocenters. The molecule has 3 heterocycles. The van der Waals surface area contributed by atoms with Crippen LogP contribution in [0.3, 0.4) is 0 Å². The third kappa shape index (κ3) is 2.40. The van der Waals surface area contributed by atoms with Gasteiger partial charge >= 0.3 is 5.69 Å². The van der Waals surface area contributed by atoms with Crippen LogP contribution in [-0.4, -0.2) is 19.5 Å². The molecule has 0 fully saturated rings. The highest BCUT2D eigenvalue weighted by atomic mass is 19.1. The summed E-state index contributed by atoms with van der Waals surface area (Å²) in [5.74, 6) is -0.219. The standard InChI is InChI=1S/C20H11FN4O2/c21-13-5-7-14(8-6-13)25-17-12(9-11-3-1-2-4-16(11)22-17)10-15-18(25)23-20(27)24-19(15)26/h1-10H,(H,24,26,27). The smallest absolute Gasteiger partial charge is 0.278 e. The Balaban J connectivity index is 2.03. The van der Waals surface area contributed by atoms with Gasteiger partial charge in [-0.1, -0.05) is 18.2 Å². The molecule has 0 atom stereocenters. The van der Waals surface area contributed by atoms with Crippen LogP contribution in [0, 0.1) is 5.82 Å². The lowest BCUT2D eigenvalue weighted by atomic mass is 10.1. The van der Waals surface area contributed by atoms with Crippen molar-refractivity contribution in [1.29, 1.82) is 0 Å². The second kappa shape index (κ2) is 5.57. The number of aromatic nitrogens is 4. The monoisotopic (exact) mass is 358 g/mol. The van der Waals surface area contributed by atoms with Crippen LogP contribution >= 0.6 is 0 Å². The van der Waals surface area contributed by atoms with Gasteiger partial charge in [-0.3, -0.25) is 14.3 Å². The molecule has 1 N–H and O–H groups in total. The number of nitrogens with one attached hydrogen (secondary N) is 1. The summed E-state index contributed by atoms with van der Waals surface area (Å²) in [6.07, 6.45) is 0. The number of benzene rings is 2. The number of H-pyrrole nitrogens is 1. The fourth-order valence-electron chi connectivity index (χ4n) is 3.25. The first-order valence-electron chi connectivity index (χ1n) is 8.22. The molecular formula is C20H11FN4O2. The molecule has 0 saturated heterocycles. The molecule has 0 radical (unpaired) electrons. The van der Waals surface area contributed by atoms with E-state index in [0.29, 0.717) is 16.7 Å². The molecule has 0 saturated carbocycles. The predicted molar refractivity (Wildman–Crippen MR) is 99.8 cm³/mol. The number of nitrogens with zero attached hydrogens (tertiary/aromatic N) is 3.